The van der Waals surface area contributed by atoms with Gasteiger partial charge in [0.2, 0.25) is 0 Å². The number of nitrogens with zero attached hydrogens (tertiary/aromatic N) is 7. The Balaban J connectivity index is 1.45. The topological polar surface area (TPSA) is 73.9 Å². The van der Waals surface area contributed by atoms with E-state index in [4.69, 9.17) is 10.2 Å². The Bertz CT molecular complexity index is 873. The molecule has 124 valence electrons. The first-order chi connectivity index (χ1) is 12.3. The van der Waals surface area contributed by atoms with E-state index in [9.17, 15) is 0 Å². The van der Waals surface area contributed by atoms with Crippen molar-refractivity contribution in [2.45, 2.75) is 0 Å². The molecule has 4 rings (SSSR count). The Morgan fingerprint density at radius 3 is 2.40 bits per heavy atom. The third kappa shape index (κ3) is 3.15. The van der Waals surface area contributed by atoms with Crippen molar-refractivity contribution < 1.29 is 0 Å². The van der Waals surface area contributed by atoms with Gasteiger partial charge in [0.15, 0.2) is 5.82 Å². The second-order valence-corrected chi connectivity index (χ2v) is 5.79. The van der Waals surface area contributed by atoms with Gasteiger partial charge in [-0.05, 0) is 30.3 Å². The molecule has 3 aromatic heterocycles. The van der Waals surface area contributed by atoms with Gasteiger partial charge in [-0.25, -0.2) is 14.6 Å². The van der Waals surface area contributed by atoms with Crippen LogP contribution in [0.15, 0.2) is 55.0 Å². The lowest BCUT2D eigenvalue weighted by molar-refractivity contribution is 0.645. The lowest BCUT2D eigenvalue weighted by Crippen LogP contribution is -2.46. The van der Waals surface area contributed by atoms with Crippen LogP contribution in [-0.4, -0.2) is 45.9 Å². The molecule has 4 heterocycles. The third-order valence-electron chi connectivity index (χ3n) is 4.29. The Labute approximate surface area is 145 Å². The van der Waals surface area contributed by atoms with Crippen LogP contribution in [0.1, 0.15) is 5.69 Å². The summed E-state index contributed by atoms with van der Waals surface area (Å²) in [5.74, 6) is 1.78. The predicted molar refractivity (Wildman–Crippen MR) is 94.7 cm³/mol. The predicted octanol–water partition coefficient (Wildman–Crippen LogP) is 1.86. The minimum Gasteiger partial charge on any atom is -0.367 e. The number of hydrogen-bond acceptors (Lipinski definition) is 6. The van der Waals surface area contributed by atoms with Gasteiger partial charge < -0.3 is 9.80 Å². The normalized spacial score (nSPS) is 14.4. The highest BCUT2D eigenvalue weighted by molar-refractivity contribution is 5.49. The van der Waals surface area contributed by atoms with Crippen LogP contribution >= 0.6 is 0 Å². The first kappa shape index (κ1) is 15.1. The Morgan fingerprint density at radius 1 is 0.920 bits per heavy atom. The molecule has 0 N–H and O–H groups in total. The van der Waals surface area contributed by atoms with E-state index in [0.717, 1.165) is 43.5 Å². The molecule has 1 fully saturated rings. The number of rotatable bonds is 3. The van der Waals surface area contributed by atoms with Crippen LogP contribution in [-0.2, 0) is 0 Å². The number of anilines is 2. The molecule has 0 saturated carbocycles. The molecule has 0 bridgehead atoms. The Morgan fingerprint density at radius 2 is 1.72 bits per heavy atom. The SMILES string of the molecule is N#Cc1ccc(N2CCN(c3cccc(-n4cccn4)n3)CC2)cn1. The smallest absolute Gasteiger partial charge is 0.155 e. The average molecular weight is 331 g/mol. The van der Waals surface area contributed by atoms with E-state index >= 15 is 0 Å². The first-order valence-electron chi connectivity index (χ1n) is 8.16. The van der Waals surface area contributed by atoms with E-state index in [2.05, 4.69) is 19.9 Å². The lowest BCUT2D eigenvalue weighted by Gasteiger charge is -2.36. The average Bonchev–Trinajstić information content (AvgIpc) is 3.23. The quantitative estimate of drug-likeness (QED) is 0.729. The fourth-order valence-electron chi connectivity index (χ4n) is 2.95. The zero-order valence-corrected chi connectivity index (χ0v) is 13.7. The maximum absolute atomic E-state index is 8.84. The number of piperazine rings is 1. The van der Waals surface area contributed by atoms with E-state index in [1.165, 1.54) is 0 Å². The zero-order valence-electron chi connectivity index (χ0n) is 13.7. The van der Waals surface area contributed by atoms with Gasteiger partial charge in [0, 0.05) is 38.6 Å². The summed E-state index contributed by atoms with van der Waals surface area (Å²) in [4.78, 5) is 13.4. The highest BCUT2D eigenvalue weighted by atomic mass is 15.3. The molecular weight excluding hydrogens is 314 g/mol. The number of aromatic nitrogens is 4. The van der Waals surface area contributed by atoms with Crippen LogP contribution in [0, 0.1) is 11.3 Å². The molecule has 3 aromatic rings. The van der Waals surface area contributed by atoms with Crippen LogP contribution in [0.3, 0.4) is 0 Å². The van der Waals surface area contributed by atoms with Gasteiger partial charge in [-0.1, -0.05) is 6.07 Å². The van der Waals surface area contributed by atoms with E-state index in [1.807, 2.05) is 42.6 Å². The summed E-state index contributed by atoms with van der Waals surface area (Å²) in [5, 5.41) is 13.1. The number of hydrogen-bond donors (Lipinski definition) is 0. The summed E-state index contributed by atoms with van der Waals surface area (Å²) >= 11 is 0. The maximum Gasteiger partial charge on any atom is 0.155 e. The third-order valence-corrected chi connectivity index (χ3v) is 4.29. The molecule has 7 nitrogen and oxygen atoms in total. The molecule has 0 amide bonds. The van der Waals surface area contributed by atoms with Crippen LogP contribution in [0.4, 0.5) is 11.5 Å². The van der Waals surface area contributed by atoms with Gasteiger partial charge in [-0.2, -0.15) is 10.4 Å². The van der Waals surface area contributed by atoms with Gasteiger partial charge in [-0.3, -0.25) is 0 Å². The molecule has 0 aromatic carbocycles. The minimum absolute atomic E-state index is 0.446. The molecule has 1 aliphatic heterocycles. The van der Waals surface area contributed by atoms with Gasteiger partial charge in [0.1, 0.15) is 17.6 Å². The lowest BCUT2D eigenvalue weighted by atomic mass is 10.2. The summed E-state index contributed by atoms with van der Waals surface area (Å²) in [7, 11) is 0. The van der Waals surface area contributed by atoms with E-state index < -0.39 is 0 Å². The standard InChI is InChI=1S/C18H17N7/c19-13-15-5-6-16(14-20-15)23-9-11-24(12-10-23)17-3-1-4-18(22-17)25-8-2-7-21-25/h1-8,14H,9-12H2. The van der Waals surface area contributed by atoms with Gasteiger partial charge in [-0.15, -0.1) is 0 Å². The number of pyridine rings is 2. The molecule has 1 saturated heterocycles. The monoisotopic (exact) mass is 331 g/mol. The zero-order chi connectivity index (χ0) is 17.1. The summed E-state index contributed by atoms with van der Waals surface area (Å²) < 4.78 is 1.77. The fraction of sp³-hybridized carbons (Fsp3) is 0.222. The molecule has 0 unspecified atom stereocenters. The number of nitriles is 1. The fourth-order valence-corrected chi connectivity index (χ4v) is 2.95. The summed E-state index contributed by atoms with van der Waals surface area (Å²) in [5.41, 5.74) is 1.50. The van der Waals surface area contributed by atoms with Crippen LogP contribution in [0.5, 0.6) is 0 Å². The van der Waals surface area contributed by atoms with Crippen LogP contribution < -0.4 is 9.80 Å². The van der Waals surface area contributed by atoms with Gasteiger partial charge in [0.05, 0.1) is 11.9 Å². The molecule has 25 heavy (non-hydrogen) atoms. The highest BCUT2D eigenvalue weighted by Gasteiger charge is 2.19. The Hall–Kier alpha value is -3.40. The summed E-state index contributed by atoms with van der Waals surface area (Å²) in [6.45, 7) is 3.55. The summed E-state index contributed by atoms with van der Waals surface area (Å²) in [6.07, 6.45) is 5.41. The van der Waals surface area contributed by atoms with Crippen molar-refractivity contribution in [1.29, 1.82) is 5.26 Å². The molecule has 7 heteroatoms. The highest BCUT2D eigenvalue weighted by Crippen LogP contribution is 2.19. The van der Waals surface area contributed by atoms with Crippen molar-refractivity contribution in [2.24, 2.45) is 0 Å². The van der Waals surface area contributed by atoms with Crippen molar-refractivity contribution in [2.75, 3.05) is 36.0 Å². The van der Waals surface area contributed by atoms with Crippen molar-refractivity contribution in [1.82, 2.24) is 19.7 Å². The van der Waals surface area contributed by atoms with Crippen molar-refractivity contribution in [3.63, 3.8) is 0 Å². The van der Waals surface area contributed by atoms with Crippen molar-refractivity contribution >= 4 is 11.5 Å². The van der Waals surface area contributed by atoms with Gasteiger partial charge in [0.25, 0.3) is 0 Å². The second kappa shape index (κ2) is 6.61. The van der Waals surface area contributed by atoms with Crippen LogP contribution in [0.25, 0.3) is 5.82 Å². The van der Waals surface area contributed by atoms with E-state index in [0.29, 0.717) is 5.69 Å². The summed E-state index contributed by atoms with van der Waals surface area (Å²) in [6, 6.07) is 13.7. The molecule has 0 spiro atoms. The Kier molecular flexibility index (Phi) is 4.01. The largest absolute Gasteiger partial charge is 0.367 e. The van der Waals surface area contributed by atoms with E-state index in [1.54, 1.807) is 23.1 Å². The molecule has 0 atom stereocenters. The van der Waals surface area contributed by atoms with Crippen molar-refractivity contribution in [3.05, 3.63) is 60.7 Å². The molecule has 0 aliphatic carbocycles. The first-order valence-corrected chi connectivity index (χ1v) is 8.16. The van der Waals surface area contributed by atoms with Crippen LogP contribution in [0.2, 0.25) is 0 Å². The second-order valence-electron chi connectivity index (χ2n) is 5.79. The minimum atomic E-state index is 0.446. The molecule has 0 radical (unpaired) electrons. The van der Waals surface area contributed by atoms with Gasteiger partial charge >= 0.3 is 0 Å². The molecular formula is C18H17N7. The molecule has 1 aliphatic rings. The van der Waals surface area contributed by atoms with Crippen molar-refractivity contribution in [3.8, 4) is 11.9 Å². The maximum atomic E-state index is 8.84. The van der Waals surface area contributed by atoms with E-state index in [-0.39, 0.29) is 0 Å².